The van der Waals surface area contributed by atoms with Crippen LogP contribution in [0.1, 0.15) is 10.4 Å². The second kappa shape index (κ2) is 5.37. The van der Waals surface area contributed by atoms with Crippen molar-refractivity contribution in [1.82, 2.24) is 0 Å². The Morgan fingerprint density at radius 3 is 2.19 bits per heavy atom. The molecule has 0 aromatic heterocycles. The van der Waals surface area contributed by atoms with Crippen molar-refractivity contribution in [2.75, 3.05) is 19.5 Å². The van der Waals surface area contributed by atoms with E-state index in [1.165, 1.54) is 0 Å². The first-order chi connectivity index (χ1) is 9.57. The highest BCUT2D eigenvalue weighted by Gasteiger charge is 2.25. The summed E-state index contributed by atoms with van der Waals surface area (Å²) in [6.07, 6.45) is 0.474. The fourth-order valence-electron chi connectivity index (χ4n) is 1.57. The third-order valence-corrected chi connectivity index (χ3v) is 4.74. The first-order valence-corrected chi connectivity index (χ1v) is 9.18. The largest absolute Gasteiger partial charge is 0.454 e. The van der Waals surface area contributed by atoms with Crippen molar-refractivity contribution in [2.45, 2.75) is 15.9 Å². The van der Waals surface area contributed by atoms with Gasteiger partial charge in [0.25, 0.3) is 0 Å². The summed E-state index contributed by atoms with van der Waals surface area (Å²) >= 11 is 0. The summed E-state index contributed by atoms with van der Waals surface area (Å²) in [4.78, 5) is 11.1. The van der Waals surface area contributed by atoms with E-state index in [4.69, 9.17) is 14.6 Å². The first kappa shape index (κ1) is 15.9. The lowest BCUT2D eigenvalue weighted by Gasteiger charge is -2.25. The lowest BCUT2D eigenvalue weighted by molar-refractivity contribution is -0.103. The molecular weight excluding hydrogens is 322 g/mol. The number of sulfonamides is 1. The summed E-state index contributed by atoms with van der Waals surface area (Å²) in [6.45, 7) is 0.499. The Bertz CT molecular complexity index is 729. The average molecular weight is 335 g/mol. The van der Waals surface area contributed by atoms with Gasteiger partial charge in [0.1, 0.15) is 6.10 Å². The van der Waals surface area contributed by atoms with Crippen LogP contribution in [0.25, 0.3) is 0 Å². The summed E-state index contributed by atoms with van der Waals surface area (Å²) in [7, 11) is -7.87. The molecule has 1 heterocycles. The minimum Gasteiger partial charge on any atom is -0.454 e. The van der Waals surface area contributed by atoms with Crippen LogP contribution in [0.15, 0.2) is 28.0 Å². The number of benzene rings is 1. The van der Waals surface area contributed by atoms with Gasteiger partial charge in [0.2, 0.25) is 10.0 Å². The molecule has 21 heavy (non-hydrogen) atoms. The predicted octanol–water partition coefficient (Wildman–Crippen LogP) is -0.707. The zero-order chi connectivity index (χ0) is 15.8. The second-order valence-corrected chi connectivity index (χ2v) is 8.15. The molecule has 0 atom stereocenters. The minimum absolute atomic E-state index is 0.200. The molecule has 0 radical (unpaired) electrons. The number of ether oxygens (including phenoxy) is 2. The number of primary sulfonamides is 1. The van der Waals surface area contributed by atoms with Crippen molar-refractivity contribution < 1.29 is 31.1 Å². The fourth-order valence-corrected chi connectivity index (χ4v) is 2.91. The topological polar surface area (TPSA) is 130 Å². The molecule has 1 fully saturated rings. The van der Waals surface area contributed by atoms with Gasteiger partial charge in [0.15, 0.2) is 9.84 Å². The lowest BCUT2D eigenvalue weighted by Crippen LogP contribution is -2.37. The number of rotatable bonds is 4. The van der Waals surface area contributed by atoms with E-state index in [2.05, 4.69) is 0 Å². The zero-order valence-corrected chi connectivity index (χ0v) is 12.6. The van der Waals surface area contributed by atoms with E-state index in [9.17, 15) is 21.6 Å². The van der Waals surface area contributed by atoms with Gasteiger partial charge in [-0.05, 0) is 18.2 Å². The maximum atomic E-state index is 11.9. The predicted molar refractivity (Wildman–Crippen MR) is 70.9 cm³/mol. The summed E-state index contributed by atoms with van der Waals surface area (Å²) in [5.74, 6) is -0.835. The van der Waals surface area contributed by atoms with Crippen molar-refractivity contribution in [2.24, 2.45) is 5.14 Å². The van der Waals surface area contributed by atoms with Crippen LogP contribution in [0.2, 0.25) is 0 Å². The van der Waals surface area contributed by atoms with Crippen molar-refractivity contribution in [3.8, 4) is 0 Å². The highest BCUT2D eigenvalue weighted by atomic mass is 32.2. The molecule has 0 saturated carbocycles. The minimum atomic E-state index is -4.16. The van der Waals surface area contributed by atoms with E-state index in [1.807, 2.05) is 0 Å². The third-order valence-electron chi connectivity index (χ3n) is 2.75. The van der Waals surface area contributed by atoms with E-state index < -0.39 is 36.8 Å². The Morgan fingerprint density at radius 1 is 1.19 bits per heavy atom. The summed E-state index contributed by atoms with van der Waals surface area (Å²) in [6, 6.07) is 2.92. The normalized spacial score (nSPS) is 16.3. The zero-order valence-electron chi connectivity index (χ0n) is 11.0. The Hall–Kier alpha value is -1.49. The van der Waals surface area contributed by atoms with Crippen LogP contribution >= 0.6 is 0 Å². The van der Waals surface area contributed by atoms with Crippen LogP contribution in [-0.4, -0.2) is 48.4 Å². The van der Waals surface area contributed by atoms with Crippen LogP contribution < -0.4 is 5.14 Å². The van der Waals surface area contributed by atoms with Crippen molar-refractivity contribution >= 4 is 25.8 Å². The molecule has 2 rings (SSSR count). The number of esters is 1. The maximum absolute atomic E-state index is 11.9. The quantitative estimate of drug-likeness (QED) is 0.719. The monoisotopic (exact) mass is 335 g/mol. The van der Waals surface area contributed by atoms with Crippen LogP contribution in [0, 0.1) is 0 Å². The van der Waals surface area contributed by atoms with Crippen molar-refractivity contribution in [3.63, 3.8) is 0 Å². The molecule has 2 N–H and O–H groups in total. The van der Waals surface area contributed by atoms with Crippen molar-refractivity contribution in [3.05, 3.63) is 23.8 Å². The van der Waals surface area contributed by atoms with E-state index in [0.717, 1.165) is 24.5 Å². The van der Waals surface area contributed by atoms with Gasteiger partial charge in [0.05, 0.1) is 28.6 Å². The van der Waals surface area contributed by atoms with Crippen LogP contribution in [0.5, 0.6) is 0 Å². The molecule has 116 valence electrons. The Labute approximate surface area is 121 Å². The number of nitrogens with two attached hydrogens (primary N) is 1. The summed E-state index contributed by atoms with van der Waals surface area (Å²) < 4.78 is 55.8. The smallest absolute Gasteiger partial charge is 0.338 e. The third kappa shape index (κ3) is 3.79. The van der Waals surface area contributed by atoms with Gasteiger partial charge in [0, 0.05) is 6.26 Å². The Morgan fingerprint density at radius 2 is 1.76 bits per heavy atom. The molecular formula is C11H13NO7S2. The van der Waals surface area contributed by atoms with Gasteiger partial charge < -0.3 is 9.47 Å². The molecule has 8 nitrogen and oxygen atoms in total. The molecule has 1 aromatic carbocycles. The number of sulfone groups is 1. The molecule has 1 saturated heterocycles. The van der Waals surface area contributed by atoms with Gasteiger partial charge >= 0.3 is 5.97 Å². The van der Waals surface area contributed by atoms with Crippen LogP contribution in [0.4, 0.5) is 0 Å². The standard InChI is InChI=1S/C11H13NO7S2/c1-20(14,15)9-2-7(3-10(4-9)21(12,16)17)11(13)19-8-5-18-6-8/h2-4,8H,5-6H2,1H3,(H2,12,16,17). The van der Waals surface area contributed by atoms with Crippen molar-refractivity contribution in [1.29, 1.82) is 0 Å². The maximum Gasteiger partial charge on any atom is 0.338 e. The van der Waals surface area contributed by atoms with Crippen LogP contribution in [-0.2, 0) is 29.3 Å². The number of carbonyl (C=O) groups excluding carboxylic acids is 1. The van der Waals surface area contributed by atoms with Gasteiger partial charge in [-0.2, -0.15) is 0 Å². The molecule has 10 heteroatoms. The van der Waals surface area contributed by atoms with Gasteiger partial charge in [-0.3, -0.25) is 0 Å². The second-order valence-electron chi connectivity index (χ2n) is 4.58. The molecule has 0 bridgehead atoms. The Kier molecular flexibility index (Phi) is 4.06. The van der Waals surface area contributed by atoms with Crippen LogP contribution in [0.3, 0.4) is 0 Å². The van der Waals surface area contributed by atoms with Gasteiger partial charge in [-0.1, -0.05) is 0 Å². The highest BCUT2D eigenvalue weighted by Crippen LogP contribution is 2.20. The van der Waals surface area contributed by atoms with Gasteiger partial charge in [-0.15, -0.1) is 0 Å². The molecule has 0 unspecified atom stereocenters. The van der Waals surface area contributed by atoms with E-state index in [0.29, 0.717) is 0 Å². The highest BCUT2D eigenvalue weighted by molar-refractivity contribution is 7.91. The molecule has 1 aliphatic heterocycles. The molecule has 0 amide bonds. The SMILES string of the molecule is CS(=O)(=O)c1cc(C(=O)OC2COC2)cc(S(N)(=O)=O)c1. The molecule has 1 aliphatic rings. The van der Waals surface area contributed by atoms with E-state index in [1.54, 1.807) is 0 Å². The Balaban J connectivity index is 2.47. The lowest BCUT2D eigenvalue weighted by atomic mass is 10.2. The van der Waals surface area contributed by atoms with E-state index >= 15 is 0 Å². The average Bonchev–Trinajstić information content (AvgIpc) is 2.30. The molecule has 1 aromatic rings. The number of hydrogen-bond donors (Lipinski definition) is 1. The summed E-state index contributed by atoms with van der Waals surface area (Å²) in [5, 5.41) is 4.98. The number of carbonyl (C=O) groups is 1. The first-order valence-electron chi connectivity index (χ1n) is 5.74. The fraction of sp³-hybridized carbons (Fsp3) is 0.364. The number of hydrogen-bond acceptors (Lipinski definition) is 7. The van der Waals surface area contributed by atoms with Gasteiger partial charge in [-0.25, -0.2) is 26.8 Å². The summed E-state index contributed by atoms with van der Waals surface area (Å²) in [5.41, 5.74) is -0.200. The molecule has 0 spiro atoms. The van der Waals surface area contributed by atoms with E-state index in [-0.39, 0.29) is 23.7 Å². The molecule has 0 aliphatic carbocycles.